The molecular formula is C21H24F2N4O. The molecule has 0 spiro atoms. The van der Waals surface area contributed by atoms with Crippen LogP contribution in [-0.2, 0) is 0 Å². The van der Waals surface area contributed by atoms with Crippen LogP contribution in [0.25, 0.3) is 0 Å². The number of nitrogens with zero attached hydrogens (tertiary/aromatic N) is 3. The molecule has 28 heavy (non-hydrogen) atoms. The van der Waals surface area contributed by atoms with Crippen molar-refractivity contribution in [1.82, 2.24) is 9.88 Å². The van der Waals surface area contributed by atoms with Crippen LogP contribution in [0.2, 0.25) is 0 Å². The maximum Gasteiger partial charge on any atom is 0.321 e. The van der Waals surface area contributed by atoms with E-state index in [0.717, 1.165) is 56.7 Å². The first-order valence-corrected chi connectivity index (χ1v) is 9.82. The van der Waals surface area contributed by atoms with Gasteiger partial charge in [-0.25, -0.2) is 18.6 Å². The Kier molecular flexibility index (Phi) is 5.41. The summed E-state index contributed by atoms with van der Waals surface area (Å²) in [5, 5.41) is 2.97. The summed E-state index contributed by atoms with van der Waals surface area (Å²) in [6.07, 6.45) is 5.46. The van der Waals surface area contributed by atoms with Gasteiger partial charge in [0.2, 0.25) is 0 Å². The summed E-state index contributed by atoms with van der Waals surface area (Å²) in [5.74, 6) is -0.291. The van der Waals surface area contributed by atoms with E-state index in [0.29, 0.717) is 24.3 Å². The highest BCUT2D eigenvalue weighted by Crippen LogP contribution is 2.31. The highest BCUT2D eigenvalue weighted by Gasteiger charge is 2.28. The van der Waals surface area contributed by atoms with E-state index in [9.17, 15) is 13.6 Å². The van der Waals surface area contributed by atoms with Gasteiger partial charge in [0.15, 0.2) is 5.82 Å². The predicted molar refractivity (Wildman–Crippen MR) is 105 cm³/mol. The molecule has 2 aliphatic rings. The first-order chi connectivity index (χ1) is 13.6. The van der Waals surface area contributed by atoms with E-state index in [4.69, 9.17) is 0 Å². The van der Waals surface area contributed by atoms with Crippen molar-refractivity contribution in [1.29, 1.82) is 0 Å². The molecule has 1 aromatic carbocycles. The van der Waals surface area contributed by atoms with Crippen molar-refractivity contribution in [3.63, 3.8) is 0 Å². The molecule has 2 fully saturated rings. The molecule has 1 N–H and O–H groups in total. The minimum atomic E-state index is -0.455. The van der Waals surface area contributed by atoms with Crippen molar-refractivity contribution in [3.8, 4) is 0 Å². The Labute approximate surface area is 163 Å². The lowest BCUT2D eigenvalue weighted by Gasteiger charge is -2.33. The molecule has 4 rings (SSSR count). The van der Waals surface area contributed by atoms with Crippen molar-refractivity contribution in [2.45, 2.75) is 31.6 Å². The summed E-state index contributed by atoms with van der Waals surface area (Å²) in [5.41, 5.74) is 1.03. The lowest BCUT2D eigenvalue weighted by atomic mass is 9.90. The number of rotatable bonds is 3. The third-order valence-corrected chi connectivity index (χ3v) is 5.54. The number of carbonyl (C=O) groups is 1. The first-order valence-electron chi connectivity index (χ1n) is 9.82. The number of hydrogen-bond donors (Lipinski definition) is 1. The molecule has 7 heteroatoms. The zero-order valence-electron chi connectivity index (χ0n) is 15.7. The Morgan fingerprint density at radius 1 is 1.11 bits per heavy atom. The van der Waals surface area contributed by atoms with Gasteiger partial charge in [0.05, 0.1) is 5.69 Å². The maximum absolute atomic E-state index is 14.2. The van der Waals surface area contributed by atoms with Crippen molar-refractivity contribution in [3.05, 3.63) is 53.7 Å². The molecule has 2 amide bonds. The highest BCUT2D eigenvalue weighted by atomic mass is 19.1. The second kappa shape index (κ2) is 8.12. The number of pyridine rings is 1. The van der Waals surface area contributed by atoms with E-state index in [1.54, 1.807) is 17.2 Å². The van der Waals surface area contributed by atoms with Crippen LogP contribution in [0.15, 0.2) is 36.5 Å². The number of nitrogens with one attached hydrogen (secondary N) is 1. The fourth-order valence-electron chi connectivity index (χ4n) is 4.11. The van der Waals surface area contributed by atoms with Crippen molar-refractivity contribution in [2.24, 2.45) is 0 Å². The molecule has 0 radical (unpaired) electrons. The van der Waals surface area contributed by atoms with Crippen LogP contribution in [0.3, 0.4) is 0 Å². The van der Waals surface area contributed by atoms with Gasteiger partial charge in [-0.15, -0.1) is 0 Å². The number of hydrogen-bond acceptors (Lipinski definition) is 3. The molecule has 2 saturated heterocycles. The van der Waals surface area contributed by atoms with Crippen molar-refractivity contribution >= 4 is 17.5 Å². The topological polar surface area (TPSA) is 48.5 Å². The van der Waals surface area contributed by atoms with E-state index < -0.39 is 11.6 Å². The number of likely N-dealkylation sites (tertiary alicyclic amines) is 1. The normalized spacial score (nSPS) is 19.7. The standard InChI is InChI=1S/C21H24F2N4O/c22-16-7-8-18(23)17(13-16)15-5-4-12-27(14-15)21(28)25-19-6-3-9-24-20(19)26-10-1-2-11-26/h3,6-9,13,15H,1-2,4-5,10-12,14H2,(H,25,28)/t15-/m0/s1. The summed E-state index contributed by atoms with van der Waals surface area (Å²) in [4.78, 5) is 21.2. The quantitative estimate of drug-likeness (QED) is 0.852. The van der Waals surface area contributed by atoms with Crippen LogP contribution in [-0.4, -0.2) is 42.1 Å². The Bertz CT molecular complexity index is 854. The molecule has 1 atom stereocenters. The van der Waals surface area contributed by atoms with E-state index in [2.05, 4.69) is 15.2 Å². The van der Waals surface area contributed by atoms with Crippen molar-refractivity contribution < 1.29 is 13.6 Å². The smallest absolute Gasteiger partial charge is 0.321 e. The predicted octanol–water partition coefficient (Wildman–Crippen LogP) is 4.37. The molecule has 0 bridgehead atoms. The number of urea groups is 1. The Hall–Kier alpha value is -2.70. The fraction of sp³-hybridized carbons (Fsp3) is 0.429. The van der Waals surface area contributed by atoms with Crippen LogP contribution in [0.4, 0.5) is 25.1 Å². The zero-order chi connectivity index (χ0) is 19.5. The Morgan fingerprint density at radius 3 is 2.75 bits per heavy atom. The first kappa shape index (κ1) is 18.7. The molecule has 0 saturated carbocycles. The van der Waals surface area contributed by atoms with E-state index in [-0.39, 0.29) is 11.9 Å². The minimum Gasteiger partial charge on any atom is -0.355 e. The summed E-state index contributed by atoms with van der Waals surface area (Å²) >= 11 is 0. The van der Waals surface area contributed by atoms with E-state index in [1.807, 2.05) is 6.07 Å². The number of amides is 2. The number of halogens is 2. The number of aromatic nitrogens is 1. The highest BCUT2D eigenvalue weighted by molar-refractivity contribution is 5.92. The third kappa shape index (κ3) is 3.93. The number of piperidine rings is 1. The van der Waals surface area contributed by atoms with Gasteiger partial charge in [-0.1, -0.05) is 0 Å². The number of carbonyl (C=O) groups excluding carboxylic acids is 1. The molecule has 3 heterocycles. The summed E-state index contributed by atoms with van der Waals surface area (Å²) in [7, 11) is 0. The van der Waals surface area contributed by atoms with Gasteiger partial charge in [0.25, 0.3) is 0 Å². The van der Waals surface area contributed by atoms with E-state index >= 15 is 0 Å². The van der Waals surface area contributed by atoms with Crippen LogP contribution < -0.4 is 10.2 Å². The van der Waals surface area contributed by atoms with Gasteiger partial charge in [-0.3, -0.25) is 0 Å². The number of anilines is 2. The molecule has 1 aromatic heterocycles. The zero-order valence-corrected chi connectivity index (χ0v) is 15.7. The molecule has 2 aliphatic heterocycles. The Balaban J connectivity index is 1.47. The molecule has 2 aromatic rings. The summed E-state index contributed by atoms with van der Waals surface area (Å²) in [6.45, 7) is 2.83. The maximum atomic E-state index is 14.2. The average Bonchev–Trinajstić information content (AvgIpc) is 3.25. The number of benzene rings is 1. The molecule has 148 valence electrons. The minimum absolute atomic E-state index is 0.206. The van der Waals surface area contributed by atoms with Gasteiger partial charge in [0.1, 0.15) is 11.6 Å². The largest absolute Gasteiger partial charge is 0.355 e. The molecule has 0 unspecified atom stereocenters. The lowest BCUT2D eigenvalue weighted by molar-refractivity contribution is 0.192. The van der Waals surface area contributed by atoms with Gasteiger partial charge >= 0.3 is 6.03 Å². The van der Waals surface area contributed by atoms with Crippen LogP contribution in [0.5, 0.6) is 0 Å². The van der Waals surface area contributed by atoms with Crippen LogP contribution in [0.1, 0.15) is 37.2 Å². The summed E-state index contributed by atoms with van der Waals surface area (Å²) in [6, 6.07) is 6.95. The van der Waals surface area contributed by atoms with Gasteiger partial charge in [-0.05, 0) is 61.6 Å². The SMILES string of the molecule is O=C(Nc1cccnc1N1CCCC1)N1CCC[C@H](c2cc(F)ccc2F)C1. The third-order valence-electron chi connectivity index (χ3n) is 5.54. The van der Waals surface area contributed by atoms with Gasteiger partial charge in [-0.2, -0.15) is 0 Å². The van der Waals surface area contributed by atoms with Gasteiger partial charge < -0.3 is 15.1 Å². The van der Waals surface area contributed by atoms with Crippen molar-refractivity contribution in [2.75, 3.05) is 36.4 Å². The van der Waals surface area contributed by atoms with E-state index in [1.165, 1.54) is 6.07 Å². The summed E-state index contributed by atoms with van der Waals surface area (Å²) < 4.78 is 27.7. The average molecular weight is 386 g/mol. The molecule has 0 aliphatic carbocycles. The molecular weight excluding hydrogens is 362 g/mol. The van der Waals surface area contributed by atoms with Crippen LogP contribution in [0, 0.1) is 11.6 Å². The second-order valence-electron chi connectivity index (χ2n) is 7.45. The second-order valence-corrected chi connectivity index (χ2v) is 7.45. The Morgan fingerprint density at radius 2 is 1.93 bits per heavy atom. The monoisotopic (exact) mass is 386 g/mol. The fourth-order valence-corrected chi connectivity index (χ4v) is 4.11. The molecule has 5 nitrogen and oxygen atoms in total. The van der Waals surface area contributed by atoms with Gasteiger partial charge in [0, 0.05) is 38.3 Å². The lowest BCUT2D eigenvalue weighted by Crippen LogP contribution is -2.42. The van der Waals surface area contributed by atoms with Crippen LogP contribution >= 0.6 is 0 Å².